The van der Waals surface area contributed by atoms with Crippen molar-refractivity contribution in [3.05, 3.63) is 76.9 Å². The van der Waals surface area contributed by atoms with Crippen molar-refractivity contribution in [2.24, 2.45) is 10.9 Å². The summed E-state index contributed by atoms with van der Waals surface area (Å²) in [5.74, 6) is 2.51. The van der Waals surface area contributed by atoms with Crippen LogP contribution in [0.15, 0.2) is 64.9 Å². The number of pyridine rings is 1. The zero-order chi connectivity index (χ0) is 26.3. The Bertz CT molecular complexity index is 1510. The molecule has 0 bridgehead atoms. The number of piperazine rings is 1. The first-order chi connectivity index (χ1) is 19.1. The van der Waals surface area contributed by atoms with E-state index in [0.29, 0.717) is 17.3 Å². The zero-order valence-electron chi connectivity index (χ0n) is 21.9. The average Bonchev–Trinajstić information content (AvgIpc) is 3.58. The van der Waals surface area contributed by atoms with Crippen LogP contribution in [0.5, 0.6) is 11.8 Å². The van der Waals surface area contributed by atoms with E-state index in [0.717, 1.165) is 67.6 Å². The van der Waals surface area contributed by atoms with Crippen LogP contribution in [0.25, 0.3) is 6.08 Å². The zero-order valence-corrected chi connectivity index (χ0v) is 21.9. The Morgan fingerprint density at radius 3 is 2.67 bits per heavy atom. The number of allylic oxidation sites excluding steroid dienone is 1. The van der Waals surface area contributed by atoms with Crippen molar-refractivity contribution in [1.82, 2.24) is 15.0 Å². The standard InChI is InChI=1S/C30H30FN7O/c1-19-13-21-6-7-25(29(31)24(21)14-19)39-30-35-27(34-26-15-22(17-33-26)20-4-5-20)16-28(36-30)38-11-9-37(10-12-38)23-3-2-8-32-18-23/h2-3,6-8,14-16,18,20H,4-5,9-13,17H2,1H3,(H,33,34,35,36). The minimum Gasteiger partial charge on any atom is -0.421 e. The molecule has 2 fully saturated rings. The summed E-state index contributed by atoms with van der Waals surface area (Å²) in [5.41, 5.74) is 5.17. The molecule has 4 aliphatic rings. The van der Waals surface area contributed by atoms with E-state index in [2.05, 4.69) is 42.2 Å². The Morgan fingerprint density at radius 2 is 1.87 bits per heavy atom. The monoisotopic (exact) mass is 523 g/mol. The van der Waals surface area contributed by atoms with Crippen LogP contribution in [-0.2, 0) is 6.42 Å². The van der Waals surface area contributed by atoms with E-state index < -0.39 is 0 Å². The predicted molar refractivity (Wildman–Crippen MR) is 151 cm³/mol. The van der Waals surface area contributed by atoms with Crippen molar-refractivity contribution in [2.75, 3.05) is 47.8 Å². The number of anilines is 3. The number of benzene rings is 1. The minimum absolute atomic E-state index is 0.104. The molecule has 198 valence electrons. The van der Waals surface area contributed by atoms with E-state index in [9.17, 15) is 0 Å². The van der Waals surface area contributed by atoms with E-state index in [1.165, 1.54) is 18.4 Å². The number of fused-ring (bicyclic) bond motifs is 1. The van der Waals surface area contributed by atoms with E-state index in [4.69, 9.17) is 9.72 Å². The molecule has 0 unspecified atom stereocenters. The van der Waals surface area contributed by atoms with Gasteiger partial charge in [-0.05, 0) is 67.5 Å². The van der Waals surface area contributed by atoms with Crippen LogP contribution < -0.4 is 19.9 Å². The highest BCUT2D eigenvalue weighted by molar-refractivity contribution is 6.05. The lowest BCUT2D eigenvalue weighted by atomic mass is 10.1. The second-order valence-electron chi connectivity index (χ2n) is 10.6. The number of nitrogens with zero attached hydrogens (tertiary/aromatic N) is 6. The van der Waals surface area contributed by atoms with Gasteiger partial charge in [0.25, 0.3) is 0 Å². The molecule has 9 heteroatoms. The van der Waals surface area contributed by atoms with Gasteiger partial charge in [-0.25, -0.2) is 4.39 Å². The molecule has 0 radical (unpaired) electrons. The number of rotatable bonds is 6. The van der Waals surface area contributed by atoms with Crippen LogP contribution in [0.4, 0.5) is 21.7 Å². The fourth-order valence-electron chi connectivity index (χ4n) is 5.47. The van der Waals surface area contributed by atoms with Crippen molar-refractivity contribution >= 4 is 29.2 Å². The number of ether oxygens (including phenoxy) is 1. The van der Waals surface area contributed by atoms with E-state index in [-0.39, 0.29) is 17.6 Å². The molecule has 8 nitrogen and oxygen atoms in total. The molecule has 2 aliphatic heterocycles. The maximum atomic E-state index is 15.4. The van der Waals surface area contributed by atoms with Gasteiger partial charge >= 0.3 is 6.01 Å². The van der Waals surface area contributed by atoms with E-state index >= 15 is 4.39 Å². The Hall–Kier alpha value is -4.27. The number of hydrogen-bond donors (Lipinski definition) is 1. The van der Waals surface area contributed by atoms with Crippen LogP contribution in [0.1, 0.15) is 30.9 Å². The topological polar surface area (TPSA) is 78.8 Å². The number of amidine groups is 1. The summed E-state index contributed by atoms with van der Waals surface area (Å²) in [6, 6.07) is 9.64. The summed E-state index contributed by atoms with van der Waals surface area (Å²) in [7, 11) is 0. The molecule has 1 saturated heterocycles. The smallest absolute Gasteiger partial charge is 0.326 e. The van der Waals surface area contributed by atoms with Gasteiger partial charge < -0.3 is 19.9 Å². The van der Waals surface area contributed by atoms with Crippen LogP contribution >= 0.6 is 0 Å². The summed E-state index contributed by atoms with van der Waals surface area (Å²) >= 11 is 0. The van der Waals surface area contributed by atoms with Crippen LogP contribution in [-0.4, -0.2) is 53.5 Å². The van der Waals surface area contributed by atoms with Crippen molar-refractivity contribution in [1.29, 1.82) is 0 Å². The van der Waals surface area contributed by atoms with Gasteiger partial charge in [0.1, 0.15) is 17.5 Å². The molecular weight excluding hydrogens is 493 g/mol. The van der Waals surface area contributed by atoms with Crippen molar-refractivity contribution < 1.29 is 9.13 Å². The van der Waals surface area contributed by atoms with E-state index in [1.807, 2.05) is 37.4 Å². The van der Waals surface area contributed by atoms with Crippen molar-refractivity contribution in [3.8, 4) is 11.8 Å². The van der Waals surface area contributed by atoms with Gasteiger partial charge in [0, 0.05) is 44.0 Å². The Kier molecular flexibility index (Phi) is 5.98. The lowest BCUT2D eigenvalue weighted by Gasteiger charge is -2.36. The van der Waals surface area contributed by atoms with Crippen LogP contribution in [0.3, 0.4) is 0 Å². The van der Waals surface area contributed by atoms with Crippen molar-refractivity contribution in [2.45, 2.75) is 26.2 Å². The molecule has 0 spiro atoms. The number of halogens is 1. The lowest BCUT2D eigenvalue weighted by Crippen LogP contribution is -2.46. The van der Waals surface area contributed by atoms with Gasteiger partial charge in [0.15, 0.2) is 11.6 Å². The normalized spacial score (nSPS) is 18.5. The second-order valence-corrected chi connectivity index (χ2v) is 10.6. The number of aromatic nitrogens is 3. The Labute approximate surface area is 227 Å². The molecule has 0 amide bonds. The number of hydrogen-bond acceptors (Lipinski definition) is 8. The van der Waals surface area contributed by atoms with Gasteiger partial charge in [-0.1, -0.05) is 17.7 Å². The number of aliphatic imine (C=N–C) groups is 1. The third kappa shape index (κ3) is 4.96. The fraction of sp³-hybridized carbons (Fsp3) is 0.333. The number of nitrogens with one attached hydrogen (secondary N) is 1. The third-order valence-electron chi connectivity index (χ3n) is 7.71. The molecule has 39 heavy (non-hydrogen) atoms. The maximum absolute atomic E-state index is 15.4. The largest absolute Gasteiger partial charge is 0.421 e. The second kappa shape index (κ2) is 9.80. The highest BCUT2D eigenvalue weighted by Crippen LogP contribution is 2.38. The summed E-state index contributed by atoms with van der Waals surface area (Å²) in [5, 5.41) is 3.35. The Morgan fingerprint density at radius 1 is 1.03 bits per heavy atom. The summed E-state index contributed by atoms with van der Waals surface area (Å²) in [6.45, 7) is 5.95. The molecule has 7 rings (SSSR count). The summed E-state index contributed by atoms with van der Waals surface area (Å²) in [6.07, 6.45) is 10.9. The van der Waals surface area contributed by atoms with Crippen LogP contribution in [0, 0.1) is 11.7 Å². The minimum atomic E-state index is -0.380. The fourth-order valence-corrected chi connectivity index (χ4v) is 5.47. The van der Waals surface area contributed by atoms with E-state index in [1.54, 1.807) is 12.3 Å². The molecule has 1 saturated carbocycles. The molecule has 4 heterocycles. The highest BCUT2D eigenvalue weighted by Gasteiger charge is 2.28. The van der Waals surface area contributed by atoms with Crippen LogP contribution in [0.2, 0.25) is 0 Å². The first kappa shape index (κ1) is 23.8. The lowest BCUT2D eigenvalue weighted by molar-refractivity contribution is 0.410. The first-order valence-electron chi connectivity index (χ1n) is 13.6. The molecule has 3 aromatic rings. The summed E-state index contributed by atoms with van der Waals surface area (Å²) < 4.78 is 21.4. The van der Waals surface area contributed by atoms with Gasteiger partial charge in [-0.15, -0.1) is 0 Å². The predicted octanol–water partition coefficient (Wildman–Crippen LogP) is 5.25. The molecule has 1 N–H and O–H groups in total. The quantitative estimate of drug-likeness (QED) is 0.473. The SMILES string of the molecule is CC1=Cc2c(ccc(Oc3nc(NC4=NCC(C5CC5)=C4)cc(N4CCN(c5cccnc5)CC4)n3)c2F)C1. The van der Waals surface area contributed by atoms with Crippen molar-refractivity contribution in [3.63, 3.8) is 0 Å². The molecular formula is C30H30FN7O. The molecule has 1 aromatic carbocycles. The van der Waals surface area contributed by atoms with Gasteiger partial charge in [0.2, 0.25) is 0 Å². The molecule has 2 aromatic heterocycles. The molecule has 2 aliphatic carbocycles. The third-order valence-corrected chi connectivity index (χ3v) is 7.71. The van der Waals surface area contributed by atoms with Gasteiger partial charge in [0.05, 0.1) is 18.4 Å². The molecule has 0 atom stereocenters. The van der Waals surface area contributed by atoms with Gasteiger partial charge in [-0.2, -0.15) is 9.97 Å². The van der Waals surface area contributed by atoms with Gasteiger partial charge in [-0.3, -0.25) is 9.98 Å². The Balaban J connectivity index is 1.16. The average molecular weight is 524 g/mol. The first-order valence-corrected chi connectivity index (χ1v) is 13.6. The maximum Gasteiger partial charge on any atom is 0.326 e. The summed E-state index contributed by atoms with van der Waals surface area (Å²) in [4.78, 5) is 22.7. The highest BCUT2D eigenvalue weighted by atomic mass is 19.1.